The van der Waals surface area contributed by atoms with Crippen molar-refractivity contribution in [3.8, 4) is 11.6 Å². The van der Waals surface area contributed by atoms with E-state index in [1.54, 1.807) is 39.0 Å². The van der Waals surface area contributed by atoms with Crippen molar-refractivity contribution in [2.45, 2.75) is 117 Å². The number of amides is 1. The zero-order chi connectivity index (χ0) is 37.0. The van der Waals surface area contributed by atoms with Crippen molar-refractivity contribution >= 4 is 28.9 Å². The van der Waals surface area contributed by atoms with Crippen molar-refractivity contribution in [3.63, 3.8) is 0 Å². The van der Waals surface area contributed by atoms with Gasteiger partial charge in [-0.3, -0.25) is 9.59 Å². The molecule has 278 valence electrons. The summed E-state index contributed by atoms with van der Waals surface area (Å²) in [5.74, 6) is -5.60. The first-order valence-corrected chi connectivity index (χ1v) is 18.2. The molecular formula is C39H51F2N3O7. The van der Waals surface area contributed by atoms with Crippen LogP contribution >= 0.6 is 0 Å². The molecule has 1 aromatic heterocycles. The highest BCUT2D eigenvalue weighted by Crippen LogP contribution is 2.58. The van der Waals surface area contributed by atoms with Crippen LogP contribution in [0.25, 0.3) is 11.0 Å². The van der Waals surface area contributed by atoms with Crippen LogP contribution in [0.2, 0.25) is 0 Å². The van der Waals surface area contributed by atoms with Crippen LogP contribution in [-0.4, -0.2) is 70.2 Å². The molecule has 2 aliphatic carbocycles. The van der Waals surface area contributed by atoms with Crippen LogP contribution in [-0.2, 0) is 29.8 Å². The van der Waals surface area contributed by atoms with Crippen molar-refractivity contribution in [2.24, 2.45) is 35.0 Å². The zero-order valence-corrected chi connectivity index (χ0v) is 30.9. The van der Waals surface area contributed by atoms with Gasteiger partial charge >= 0.3 is 17.9 Å². The second kappa shape index (κ2) is 13.6. The molecule has 4 aliphatic rings. The summed E-state index contributed by atoms with van der Waals surface area (Å²) in [5.41, 5.74) is -1.69. The predicted octanol–water partition coefficient (Wildman–Crippen LogP) is 7.03. The summed E-state index contributed by atoms with van der Waals surface area (Å²) in [6.07, 6.45) is 3.96. The lowest BCUT2D eigenvalue weighted by Crippen LogP contribution is -2.50. The molecule has 1 aromatic carbocycles. The molecular weight excluding hydrogens is 660 g/mol. The Kier molecular flexibility index (Phi) is 9.87. The van der Waals surface area contributed by atoms with Gasteiger partial charge in [-0.15, -0.1) is 0 Å². The number of ether oxygens (including phenoxy) is 4. The van der Waals surface area contributed by atoms with Crippen molar-refractivity contribution in [2.75, 3.05) is 13.7 Å². The van der Waals surface area contributed by atoms with Gasteiger partial charge in [0.1, 0.15) is 29.6 Å². The Balaban J connectivity index is 1.47. The van der Waals surface area contributed by atoms with E-state index in [0.717, 1.165) is 18.9 Å². The minimum absolute atomic E-state index is 0.0513. The molecule has 0 unspecified atom stereocenters. The highest BCUT2D eigenvalue weighted by atomic mass is 19.3. The van der Waals surface area contributed by atoms with E-state index in [9.17, 15) is 14.4 Å². The molecule has 0 radical (unpaired) electrons. The van der Waals surface area contributed by atoms with Crippen LogP contribution in [0.3, 0.4) is 0 Å². The molecule has 0 spiro atoms. The maximum atomic E-state index is 16.3. The second-order valence-electron chi connectivity index (χ2n) is 16.7. The van der Waals surface area contributed by atoms with Gasteiger partial charge in [0.2, 0.25) is 11.8 Å². The van der Waals surface area contributed by atoms with Gasteiger partial charge in [0.15, 0.2) is 5.69 Å². The number of hydrogen-bond acceptors (Lipinski definition) is 9. The first-order chi connectivity index (χ1) is 23.9. The van der Waals surface area contributed by atoms with Gasteiger partial charge in [-0.2, -0.15) is 8.78 Å². The molecule has 1 saturated heterocycles. The summed E-state index contributed by atoms with van der Waals surface area (Å²) in [5, 5.41) is 0. The fourth-order valence-corrected chi connectivity index (χ4v) is 8.26. The number of carbonyl (C=O) groups is 3. The average Bonchev–Trinajstić information content (AvgIpc) is 3.57. The van der Waals surface area contributed by atoms with E-state index in [0.29, 0.717) is 36.8 Å². The molecule has 0 N–H and O–H groups in total. The Morgan fingerprint density at radius 3 is 2.43 bits per heavy atom. The Bertz CT molecular complexity index is 1700. The molecule has 6 rings (SSSR count). The standard InChI is InChI=1S/C39H51F2N3O7/c1-9-23-30-20-44(32(23)36(47)51-38(5,6)7)35(46)26(37(2,3)4)19-31(45)49-29-17-21-16-25(21)24(29)12-10-11-15-39(40,41)33-34(50-30)43-28-18-22(48-8)13-14-27(28)42-33/h11,13-15,18,21,23-26,29-30,32H,9-10,12,16-17,19-20H2,1-8H3/b15-11+/t21-,23+,24+,25-,26+,29+,30-,32-/m0/s1. The van der Waals surface area contributed by atoms with Gasteiger partial charge in [0.25, 0.3) is 0 Å². The maximum Gasteiger partial charge on any atom is 0.329 e. The summed E-state index contributed by atoms with van der Waals surface area (Å²) < 4.78 is 56.2. The van der Waals surface area contributed by atoms with Crippen molar-refractivity contribution in [1.82, 2.24) is 14.9 Å². The molecule has 51 heavy (non-hydrogen) atoms. The highest BCUT2D eigenvalue weighted by molar-refractivity contribution is 5.90. The van der Waals surface area contributed by atoms with E-state index >= 15 is 8.78 Å². The van der Waals surface area contributed by atoms with E-state index < -0.39 is 64.5 Å². The molecule has 3 heterocycles. The number of halogens is 2. The third-order valence-electron chi connectivity index (χ3n) is 10.9. The van der Waals surface area contributed by atoms with E-state index in [4.69, 9.17) is 18.9 Å². The number of rotatable bonds is 3. The summed E-state index contributed by atoms with van der Waals surface area (Å²) in [6.45, 7) is 12.6. The summed E-state index contributed by atoms with van der Waals surface area (Å²) in [6, 6.07) is 3.68. The lowest BCUT2D eigenvalue weighted by atomic mass is 9.77. The predicted molar refractivity (Wildman–Crippen MR) is 185 cm³/mol. The van der Waals surface area contributed by atoms with Crippen LogP contribution < -0.4 is 9.47 Å². The van der Waals surface area contributed by atoms with Crippen LogP contribution in [0.4, 0.5) is 8.78 Å². The van der Waals surface area contributed by atoms with Crippen molar-refractivity contribution in [3.05, 3.63) is 36.0 Å². The monoisotopic (exact) mass is 711 g/mol. The quantitative estimate of drug-likeness (QED) is 0.245. The molecule has 2 bridgehead atoms. The number of aromatic nitrogens is 2. The van der Waals surface area contributed by atoms with Crippen molar-refractivity contribution in [1.29, 1.82) is 0 Å². The number of nitrogens with zero attached hydrogens (tertiary/aromatic N) is 3. The number of carbonyl (C=O) groups excluding carboxylic acids is 3. The molecule has 8 atom stereocenters. The zero-order valence-electron chi connectivity index (χ0n) is 30.9. The number of methoxy groups -OCH3 is 1. The summed E-state index contributed by atoms with van der Waals surface area (Å²) in [4.78, 5) is 52.6. The SMILES string of the molecule is CC[C@@H]1[C@@H]2CN(C(=O)[C@H](C(C)(C)C)CC(=O)O[C@@H]3C[C@@H]4C[C@@H]4[C@H]3CC/C=C/C(F)(F)c3nc4ccc(OC)cc4nc3O2)[C@@H]1C(=O)OC(C)(C)C. The fourth-order valence-electron chi connectivity index (χ4n) is 8.26. The Labute approximate surface area is 298 Å². The third kappa shape index (κ3) is 7.70. The highest BCUT2D eigenvalue weighted by Gasteiger charge is 2.56. The van der Waals surface area contributed by atoms with Gasteiger partial charge in [0, 0.05) is 12.0 Å². The number of esters is 2. The number of fused-ring (bicyclic) bond motifs is 7. The van der Waals surface area contributed by atoms with Gasteiger partial charge in [0.05, 0.1) is 37.0 Å². The van der Waals surface area contributed by atoms with Gasteiger partial charge < -0.3 is 23.8 Å². The molecule has 12 heteroatoms. The van der Waals surface area contributed by atoms with Crippen molar-refractivity contribution < 1.29 is 42.1 Å². The van der Waals surface area contributed by atoms with Crippen LogP contribution in [0, 0.1) is 35.0 Å². The molecule has 10 nitrogen and oxygen atoms in total. The van der Waals surface area contributed by atoms with E-state index in [2.05, 4.69) is 9.97 Å². The lowest BCUT2D eigenvalue weighted by molar-refractivity contribution is -0.167. The van der Waals surface area contributed by atoms with E-state index in [1.165, 1.54) is 18.1 Å². The van der Waals surface area contributed by atoms with Gasteiger partial charge in [-0.1, -0.05) is 33.8 Å². The smallest absolute Gasteiger partial charge is 0.329 e. The Morgan fingerprint density at radius 2 is 1.76 bits per heavy atom. The summed E-state index contributed by atoms with van der Waals surface area (Å²) >= 11 is 0. The minimum Gasteiger partial charge on any atom is -0.497 e. The Hall–Kier alpha value is -3.83. The number of hydrogen-bond donors (Lipinski definition) is 0. The first-order valence-electron chi connectivity index (χ1n) is 18.2. The topological polar surface area (TPSA) is 117 Å². The van der Waals surface area contributed by atoms with Crippen LogP contribution in [0.15, 0.2) is 30.4 Å². The largest absolute Gasteiger partial charge is 0.497 e. The van der Waals surface area contributed by atoms with Crippen LogP contribution in [0.5, 0.6) is 11.6 Å². The Morgan fingerprint density at radius 1 is 1.02 bits per heavy atom. The van der Waals surface area contributed by atoms with E-state index in [1.807, 2.05) is 27.7 Å². The molecule has 2 aromatic rings. The van der Waals surface area contributed by atoms with E-state index in [-0.39, 0.29) is 41.9 Å². The second-order valence-corrected chi connectivity index (χ2v) is 16.7. The maximum absolute atomic E-state index is 16.3. The minimum atomic E-state index is -3.57. The average molecular weight is 712 g/mol. The molecule has 2 saturated carbocycles. The normalized spacial score (nSPS) is 31.7. The van der Waals surface area contributed by atoms with Gasteiger partial charge in [-0.05, 0) is 94.3 Å². The lowest BCUT2D eigenvalue weighted by Gasteiger charge is -2.36. The number of allylic oxidation sites excluding steroid dienone is 2. The first kappa shape index (κ1) is 36.9. The number of benzene rings is 1. The summed E-state index contributed by atoms with van der Waals surface area (Å²) in [7, 11) is 1.49. The van der Waals surface area contributed by atoms with Gasteiger partial charge in [-0.25, -0.2) is 14.8 Å². The third-order valence-corrected chi connectivity index (χ3v) is 10.9. The number of alkyl halides is 2. The fraction of sp³-hybridized carbons (Fsp3) is 0.667. The molecule has 1 amide bonds. The molecule has 3 fully saturated rings. The van der Waals surface area contributed by atoms with Crippen LogP contribution in [0.1, 0.15) is 92.7 Å². The molecule has 2 aliphatic heterocycles.